The Balaban J connectivity index is 2.74. The van der Waals surface area contributed by atoms with E-state index >= 15 is 0 Å². The molecule has 0 aliphatic carbocycles. The first kappa shape index (κ1) is 70.1. The minimum atomic E-state index is -1.62. The maximum atomic E-state index is 13.4. The number of hydrogen-bond acceptors (Lipinski definition) is 10. The third-order valence-electron chi connectivity index (χ3n) is 14.1. The van der Waals surface area contributed by atoms with Crippen molar-refractivity contribution in [2.45, 2.75) is 307 Å². The zero-order valence-electron chi connectivity index (χ0n) is 47.9. The van der Waals surface area contributed by atoms with Crippen molar-refractivity contribution in [1.29, 1.82) is 0 Å². The second-order valence-corrected chi connectivity index (χ2v) is 21.1. The van der Waals surface area contributed by atoms with Gasteiger partial charge < -0.3 is 45.1 Å². The Hall–Kier alpha value is -2.90. The number of aliphatic hydroxyl groups excluding tert-OH is 5. The molecule has 0 radical (unpaired) electrons. The molecule has 6 N–H and O–H groups in total. The molecule has 0 aromatic heterocycles. The minimum Gasteiger partial charge on any atom is -0.454 e. The van der Waals surface area contributed by atoms with Crippen LogP contribution >= 0.6 is 0 Å². The van der Waals surface area contributed by atoms with Crippen molar-refractivity contribution in [3.8, 4) is 0 Å². The van der Waals surface area contributed by atoms with Gasteiger partial charge in [-0.15, -0.1) is 0 Å². The number of amides is 1. The topological polar surface area (TPSA) is 175 Å². The quantitative estimate of drug-likeness (QED) is 0.0195. The Morgan fingerprint density at radius 2 is 0.960 bits per heavy atom. The lowest BCUT2D eigenvalue weighted by molar-refractivity contribution is -0.305. The number of allylic oxidation sites excluding steroid dienone is 11. The molecule has 1 rings (SSSR count). The highest BCUT2D eigenvalue weighted by Gasteiger charge is 2.47. The summed E-state index contributed by atoms with van der Waals surface area (Å²) in [6.45, 7) is 5.66. The van der Waals surface area contributed by atoms with E-state index in [1.165, 1.54) is 128 Å². The molecule has 11 heteroatoms. The lowest BCUT2D eigenvalue weighted by Crippen LogP contribution is -2.61. The minimum absolute atomic E-state index is 0.120. The molecule has 1 amide bonds. The summed E-state index contributed by atoms with van der Waals surface area (Å²) in [5, 5.41) is 56.9. The number of ether oxygens (including phenoxy) is 3. The molecule has 1 aliphatic rings. The van der Waals surface area contributed by atoms with Gasteiger partial charge in [0.2, 0.25) is 5.91 Å². The summed E-state index contributed by atoms with van der Waals surface area (Å²) in [7, 11) is 0. The van der Waals surface area contributed by atoms with Crippen LogP contribution in [0.1, 0.15) is 258 Å². The van der Waals surface area contributed by atoms with E-state index < -0.39 is 67.4 Å². The van der Waals surface area contributed by atoms with Gasteiger partial charge in [-0.25, -0.2) is 0 Å². The molecule has 1 heterocycles. The molecule has 0 bridgehead atoms. The van der Waals surface area contributed by atoms with Crippen molar-refractivity contribution in [3.63, 3.8) is 0 Å². The van der Waals surface area contributed by atoms with Crippen molar-refractivity contribution in [2.24, 2.45) is 0 Å². The molecular weight excluding hydrogens is 943 g/mol. The molecular formula is C64H113NO10. The second kappa shape index (κ2) is 51.8. The summed E-state index contributed by atoms with van der Waals surface area (Å²) >= 11 is 0. The molecule has 11 nitrogen and oxygen atoms in total. The fourth-order valence-electron chi connectivity index (χ4n) is 9.27. The van der Waals surface area contributed by atoms with Crippen LogP contribution in [0, 0.1) is 0 Å². The van der Waals surface area contributed by atoms with E-state index in [1.54, 1.807) is 6.08 Å². The smallest absolute Gasteiger partial charge is 0.306 e. The summed E-state index contributed by atoms with van der Waals surface area (Å²) in [6.07, 6.45) is 55.1. The summed E-state index contributed by atoms with van der Waals surface area (Å²) in [5.74, 6) is -1.23. The fraction of sp³-hybridized carbons (Fsp3) is 0.781. The van der Waals surface area contributed by atoms with Gasteiger partial charge in [-0.05, 0) is 70.6 Å². The zero-order chi connectivity index (χ0) is 54.7. The fourth-order valence-corrected chi connectivity index (χ4v) is 9.27. The predicted octanol–water partition coefficient (Wildman–Crippen LogP) is 14.4. The van der Waals surface area contributed by atoms with Crippen molar-refractivity contribution < 1.29 is 49.3 Å². The summed E-state index contributed by atoms with van der Waals surface area (Å²) in [4.78, 5) is 26.5. The van der Waals surface area contributed by atoms with Crippen LogP contribution < -0.4 is 5.32 Å². The van der Waals surface area contributed by atoms with E-state index in [-0.39, 0.29) is 19.4 Å². The normalized spacial score (nSPS) is 19.7. The number of nitrogens with one attached hydrogen (secondary N) is 1. The summed E-state index contributed by atoms with van der Waals surface area (Å²) in [6, 6.07) is -1.04. The van der Waals surface area contributed by atoms with E-state index in [0.717, 1.165) is 83.5 Å². The maximum Gasteiger partial charge on any atom is 0.306 e. The predicted molar refractivity (Wildman–Crippen MR) is 310 cm³/mol. The van der Waals surface area contributed by atoms with Crippen LogP contribution in [0.2, 0.25) is 0 Å². The molecule has 8 unspecified atom stereocenters. The average Bonchev–Trinajstić information content (AvgIpc) is 3.41. The van der Waals surface area contributed by atoms with Gasteiger partial charge in [0, 0.05) is 6.42 Å². The highest BCUT2D eigenvalue weighted by molar-refractivity contribution is 5.80. The number of hydrogen-bond donors (Lipinski definition) is 6. The van der Waals surface area contributed by atoms with Gasteiger partial charge in [-0.1, -0.05) is 254 Å². The molecule has 0 saturated carbocycles. The molecule has 75 heavy (non-hydrogen) atoms. The lowest BCUT2D eigenvalue weighted by Gasteiger charge is -2.41. The molecule has 1 saturated heterocycles. The Morgan fingerprint density at radius 3 is 1.44 bits per heavy atom. The first-order valence-corrected chi connectivity index (χ1v) is 30.7. The molecule has 0 aromatic rings. The van der Waals surface area contributed by atoms with Gasteiger partial charge in [-0.3, -0.25) is 9.59 Å². The van der Waals surface area contributed by atoms with Crippen molar-refractivity contribution in [1.82, 2.24) is 5.32 Å². The average molecular weight is 1060 g/mol. The van der Waals surface area contributed by atoms with Gasteiger partial charge in [0.15, 0.2) is 12.4 Å². The van der Waals surface area contributed by atoms with Crippen molar-refractivity contribution in [2.75, 3.05) is 13.2 Å². The first-order valence-electron chi connectivity index (χ1n) is 30.7. The van der Waals surface area contributed by atoms with E-state index in [9.17, 15) is 35.1 Å². The van der Waals surface area contributed by atoms with Crippen LogP contribution in [0.3, 0.4) is 0 Å². The Kier molecular flexibility index (Phi) is 48.5. The van der Waals surface area contributed by atoms with Gasteiger partial charge in [0.05, 0.1) is 25.4 Å². The summed E-state index contributed by atoms with van der Waals surface area (Å²) in [5.41, 5.74) is 0. The van der Waals surface area contributed by atoms with Gasteiger partial charge in [0.25, 0.3) is 0 Å². The standard InChI is InChI=1S/C64H113NO10/c1-4-7-10-13-16-19-22-25-27-28-29-31-33-36-39-42-45-48-51-57(68)63(72)65-55(56(67)50-47-44-41-38-35-32-24-21-18-15-12-9-6-3)54-73-64-62(61(71)60(70)58(53-66)74-64)75-59(69)52-49-46-43-40-37-34-30-26-23-20-17-14-11-8-5-2/h7,10,16,19,25,27,29,31,36,39,47,50,55-58,60-62,64,66-68,70-71H,4-6,8-9,11-15,17-18,20-24,26,28,30,32-35,37-38,40-46,48-49,51-54H2,1-3H3,(H,65,72)/b10-7-,19-16-,27-25-,31-29-,39-36-,50-47+. The van der Waals surface area contributed by atoms with E-state index in [4.69, 9.17) is 14.2 Å². The number of unbranched alkanes of at least 4 members (excludes halogenated alkanes) is 27. The van der Waals surface area contributed by atoms with E-state index in [2.05, 4.69) is 86.8 Å². The van der Waals surface area contributed by atoms with Crippen molar-refractivity contribution >= 4 is 11.9 Å². The monoisotopic (exact) mass is 1060 g/mol. The van der Waals surface area contributed by atoms with Crippen LogP contribution in [0.4, 0.5) is 0 Å². The first-order chi connectivity index (χ1) is 36.7. The number of rotatable bonds is 51. The van der Waals surface area contributed by atoms with Crippen LogP contribution in [0.15, 0.2) is 72.9 Å². The third-order valence-corrected chi connectivity index (χ3v) is 14.1. The number of carbonyl (C=O) groups excluding carboxylic acids is 2. The second-order valence-electron chi connectivity index (χ2n) is 21.1. The third kappa shape index (κ3) is 40.0. The van der Waals surface area contributed by atoms with E-state index in [1.807, 2.05) is 6.08 Å². The van der Waals surface area contributed by atoms with Gasteiger partial charge >= 0.3 is 5.97 Å². The summed E-state index contributed by atoms with van der Waals surface area (Å²) < 4.78 is 17.6. The number of carbonyl (C=O) groups is 2. The molecule has 434 valence electrons. The zero-order valence-corrected chi connectivity index (χ0v) is 47.9. The molecule has 1 fully saturated rings. The van der Waals surface area contributed by atoms with E-state index in [0.29, 0.717) is 12.8 Å². The van der Waals surface area contributed by atoms with Gasteiger partial charge in [0.1, 0.15) is 24.4 Å². The van der Waals surface area contributed by atoms with Crippen LogP contribution in [0.25, 0.3) is 0 Å². The van der Waals surface area contributed by atoms with Gasteiger partial charge in [-0.2, -0.15) is 0 Å². The van der Waals surface area contributed by atoms with Crippen LogP contribution in [-0.2, 0) is 23.8 Å². The Labute approximate surface area is 458 Å². The highest BCUT2D eigenvalue weighted by Crippen LogP contribution is 2.26. The molecule has 1 aliphatic heterocycles. The number of esters is 1. The Bertz CT molecular complexity index is 1490. The molecule has 0 aromatic carbocycles. The Morgan fingerprint density at radius 1 is 0.533 bits per heavy atom. The maximum absolute atomic E-state index is 13.4. The number of aliphatic hydroxyl groups is 5. The lowest BCUT2D eigenvalue weighted by atomic mass is 9.99. The molecule has 0 spiro atoms. The van der Waals surface area contributed by atoms with Crippen LogP contribution in [0.5, 0.6) is 0 Å². The van der Waals surface area contributed by atoms with Crippen LogP contribution in [-0.4, -0.2) is 99.6 Å². The molecule has 8 atom stereocenters. The highest BCUT2D eigenvalue weighted by atomic mass is 16.7. The van der Waals surface area contributed by atoms with Crippen molar-refractivity contribution in [3.05, 3.63) is 72.9 Å². The largest absolute Gasteiger partial charge is 0.454 e. The SMILES string of the molecule is CC/C=C\C/C=C\C/C=C\C/C=C\C/C=C\CCCCC(O)C(=O)NC(COC1OC(CO)C(O)C(O)C1OC(=O)CCCCCCCCCCCCCCCCC)C(O)/C=C/CCCCCCCCCCCCC.